The largest absolute Gasteiger partial charge is 0.494 e. The smallest absolute Gasteiger partial charge is 0.257 e. The van der Waals surface area contributed by atoms with Crippen molar-refractivity contribution < 1.29 is 14.3 Å². The molecule has 7 nitrogen and oxygen atoms in total. The molecular weight excluding hydrogens is 508 g/mol. The quantitative estimate of drug-likeness (QED) is 0.403. The molecule has 0 aromatic heterocycles. The van der Waals surface area contributed by atoms with E-state index in [4.69, 9.17) is 28.6 Å². The van der Waals surface area contributed by atoms with Gasteiger partial charge < -0.3 is 19.9 Å². The van der Waals surface area contributed by atoms with Gasteiger partial charge in [0.05, 0.1) is 17.3 Å². The Bertz CT molecular complexity index is 1260. The molecule has 3 aromatic carbocycles. The topological polar surface area (TPSA) is 73.9 Å². The van der Waals surface area contributed by atoms with Crippen LogP contribution in [0.4, 0.5) is 11.4 Å². The second-order valence-electron chi connectivity index (χ2n) is 8.60. The molecule has 1 heterocycles. The summed E-state index contributed by atoms with van der Waals surface area (Å²) < 4.78 is 5.59. The van der Waals surface area contributed by atoms with Crippen LogP contribution in [-0.4, -0.2) is 54.6 Å². The molecule has 0 bridgehead atoms. The minimum absolute atomic E-state index is 0.0432. The second kappa shape index (κ2) is 12.6. The Morgan fingerprint density at radius 1 is 0.946 bits per heavy atom. The van der Waals surface area contributed by atoms with Crippen LogP contribution in [0.1, 0.15) is 34.1 Å². The van der Waals surface area contributed by atoms with E-state index in [-0.39, 0.29) is 16.9 Å². The Labute approximate surface area is 227 Å². The van der Waals surface area contributed by atoms with Gasteiger partial charge in [0.25, 0.3) is 11.8 Å². The molecule has 37 heavy (non-hydrogen) atoms. The van der Waals surface area contributed by atoms with E-state index in [0.29, 0.717) is 60.4 Å². The molecule has 1 saturated heterocycles. The lowest BCUT2D eigenvalue weighted by molar-refractivity contribution is 0.0746. The van der Waals surface area contributed by atoms with Crippen molar-refractivity contribution in [3.05, 3.63) is 88.9 Å². The van der Waals surface area contributed by atoms with Crippen molar-refractivity contribution in [3.63, 3.8) is 0 Å². The van der Waals surface area contributed by atoms with Crippen molar-refractivity contribution >= 4 is 52.1 Å². The normalized spacial score (nSPS) is 13.1. The van der Waals surface area contributed by atoms with Gasteiger partial charge in [-0.2, -0.15) is 0 Å². The highest BCUT2D eigenvalue weighted by Crippen LogP contribution is 2.30. The van der Waals surface area contributed by atoms with E-state index in [9.17, 15) is 9.59 Å². The fraction of sp³-hybridized carbons (Fsp3) is 0.250. The molecule has 1 fully saturated rings. The van der Waals surface area contributed by atoms with Gasteiger partial charge >= 0.3 is 0 Å². The molecular formula is C28H29ClN4O3S. The number of anilines is 2. The highest BCUT2D eigenvalue weighted by Gasteiger charge is 2.23. The number of hydrogen-bond donors (Lipinski definition) is 2. The van der Waals surface area contributed by atoms with Gasteiger partial charge in [-0.1, -0.05) is 42.8 Å². The highest BCUT2D eigenvalue weighted by atomic mass is 35.5. The molecule has 3 aromatic rings. The van der Waals surface area contributed by atoms with Gasteiger partial charge in [0.1, 0.15) is 5.75 Å². The molecule has 0 spiro atoms. The zero-order chi connectivity index (χ0) is 26.2. The summed E-state index contributed by atoms with van der Waals surface area (Å²) in [4.78, 5) is 29.3. The van der Waals surface area contributed by atoms with Crippen molar-refractivity contribution in [2.75, 3.05) is 43.0 Å². The Kier molecular flexibility index (Phi) is 8.98. The molecule has 0 saturated carbocycles. The third-order valence-corrected chi connectivity index (χ3v) is 6.44. The molecule has 0 radical (unpaired) electrons. The molecule has 0 unspecified atom stereocenters. The third kappa shape index (κ3) is 6.99. The number of halogens is 1. The van der Waals surface area contributed by atoms with E-state index in [0.717, 1.165) is 12.1 Å². The second-order valence-corrected chi connectivity index (χ2v) is 9.41. The maximum Gasteiger partial charge on any atom is 0.257 e. The molecule has 192 valence electrons. The lowest BCUT2D eigenvalue weighted by Crippen LogP contribution is -2.48. The molecule has 4 rings (SSSR count). The monoisotopic (exact) mass is 536 g/mol. The summed E-state index contributed by atoms with van der Waals surface area (Å²) in [6, 6.07) is 21.8. The zero-order valence-corrected chi connectivity index (χ0v) is 22.1. The third-order valence-electron chi connectivity index (χ3n) is 5.93. The molecule has 2 amide bonds. The minimum atomic E-state index is -0.329. The van der Waals surface area contributed by atoms with E-state index >= 15 is 0 Å². The Hall–Kier alpha value is -3.62. The number of nitrogens with one attached hydrogen (secondary N) is 2. The maximum absolute atomic E-state index is 12.7. The van der Waals surface area contributed by atoms with Gasteiger partial charge in [0.15, 0.2) is 5.11 Å². The first-order valence-electron chi connectivity index (χ1n) is 12.2. The van der Waals surface area contributed by atoms with Gasteiger partial charge in [-0.05, 0) is 67.2 Å². The van der Waals surface area contributed by atoms with Gasteiger partial charge in [0.2, 0.25) is 0 Å². The predicted octanol–water partition coefficient (Wildman–Crippen LogP) is 5.22. The minimum Gasteiger partial charge on any atom is -0.494 e. The van der Waals surface area contributed by atoms with Crippen LogP contribution in [0.15, 0.2) is 72.8 Å². The van der Waals surface area contributed by atoms with Gasteiger partial charge in [-0.25, -0.2) is 0 Å². The van der Waals surface area contributed by atoms with Crippen molar-refractivity contribution in [1.29, 1.82) is 0 Å². The Balaban J connectivity index is 1.31. The Morgan fingerprint density at radius 3 is 2.38 bits per heavy atom. The van der Waals surface area contributed by atoms with Crippen LogP contribution < -0.4 is 20.3 Å². The first-order valence-corrected chi connectivity index (χ1v) is 13.0. The van der Waals surface area contributed by atoms with Crippen LogP contribution in [0.3, 0.4) is 0 Å². The number of hydrogen-bond acceptors (Lipinski definition) is 5. The van der Waals surface area contributed by atoms with Crippen LogP contribution in [0.2, 0.25) is 5.02 Å². The van der Waals surface area contributed by atoms with Gasteiger partial charge in [-0.3, -0.25) is 14.9 Å². The van der Waals surface area contributed by atoms with Crippen LogP contribution in [0.25, 0.3) is 0 Å². The van der Waals surface area contributed by atoms with Gasteiger partial charge in [-0.15, -0.1) is 0 Å². The number of benzene rings is 3. The fourth-order valence-electron chi connectivity index (χ4n) is 4.04. The summed E-state index contributed by atoms with van der Waals surface area (Å²) in [5.41, 5.74) is 2.70. The van der Waals surface area contributed by atoms with Crippen molar-refractivity contribution in [2.24, 2.45) is 0 Å². The average molecular weight is 537 g/mol. The van der Waals surface area contributed by atoms with E-state index < -0.39 is 0 Å². The first-order chi connectivity index (χ1) is 17.9. The van der Waals surface area contributed by atoms with Crippen LogP contribution in [0.5, 0.6) is 5.75 Å². The number of piperazine rings is 1. The number of amides is 2. The van der Waals surface area contributed by atoms with Crippen LogP contribution >= 0.6 is 23.8 Å². The molecule has 1 aliphatic heterocycles. The number of rotatable bonds is 7. The summed E-state index contributed by atoms with van der Waals surface area (Å²) in [6.07, 6.45) is 0.885. The van der Waals surface area contributed by atoms with Crippen molar-refractivity contribution in [3.8, 4) is 5.75 Å². The number of carbonyl (C=O) groups excluding carboxylic acids is 2. The Morgan fingerprint density at radius 2 is 1.68 bits per heavy atom. The summed E-state index contributed by atoms with van der Waals surface area (Å²) in [6.45, 7) is 5.20. The molecule has 0 atom stereocenters. The number of ether oxygens (including phenoxy) is 1. The lowest BCUT2D eigenvalue weighted by atomic mass is 10.1. The fourth-order valence-corrected chi connectivity index (χ4v) is 4.55. The van der Waals surface area contributed by atoms with Gasteiger partial charge in [0, 0.05) is 43.0 Å². The first kappa shape index (κ1) is 26.4. The summed E-state index contributed by atoms with van der Waals surface area (Å²) in [7, 11) is 0. The molecule has 1 aliphatic rings. The van der Waals surface area contributed by atoms with Crippen molar-refractivity contribution in [2.45, 2.75) is 13.3 Å². The van der Waals surface area contributed by atoms with E-state index in [1.165, 1.54) is 0 Å². The highest BCUT2D eigenvalue weighted by molar-refractivity contribution is 7.80. The van der Waals surface area contributed by atoms with E-state index in [1.54, 1.807) is 24.3 Å². The summed E-state index contributed by atoms with van der Waals surface area (Å²) in [5, 5.41) is 6.43. The zero-order valence-electron chi connectivity index (χ0n) is 20.6. The predicted molar refractivity (Wildman–Crippen MR) is 152 cm³/mol. The van der Waals surface area contributed by atoms with E-state index in [1.807, 2.05) is 60.4 Å². The molecule has 0 aliphatic carbocycles. The van der Waals surface area contributed by atoms with E-state index in [2.05, 4.69) is 15.5 Å². The van der Waals surface area contributed by atoms with Crippen LogP contribution in [0, 0.1) is 0 Å². The number of carbonyl (C=O) groups is 2. The standard InChI is InChI=1S/C28H29ClN4O3S/c1-2-17-36-23-10-6-9-21(18-23)26(34)31-28(37)30-22-11-12-25(24(29)19-22)32-13-15-33(16-14-32)27(35)20-7-4-3-5-8-20/h3-12,18-19H,2,13-17H2,1H3,(H2,30,31,34,37). The van der Waals surface area contributed by atoms with Crippen molar-refractivity contribution in [1.82, 2.24) is 10.2 Å². The lowest BCUT2D eigenvalue weighted by Gasteiger charge is -2.36. The SMILES string of the molecule is CCCOc1cccc(C(=O)NC(=S)Nc2ccc(N3CCN(C(=O)c4ccccc4)CC3)c(Cl)c2)c1. The van der Waals surface area contributed by atoms with Crippen LogP contribution in [-0.2, 0) is 0 Å². The maximum atomic E-state index is 12.7. The summed E-state index contributed by atoms with van der Waals surface area (Å²) >= 11 is 11.9. The average Bonchev–Trinajstić information content (AvgIpc) is 2.92. The number of thiocarbonyl (C=S) groups is 1. The molecule has 9 heteroatoms. The summed E-state index contributed by atoms with van der Waals surface area (Å²) in [5.74, 6) is 0.354. The number of nitrogens with zero attached hydrogens (tertiary/aromatic N) is 2. The molecule has 2 N–H and O–H groups in total.